The maximum atomic E-state index is 11.2. The minimum absolute atomic E-state index is 0.403. The smallest absolute Gasteiger partial charge is 0.248 e. The van der Waals surface area contributed by atoms with E-state index in [1.807, 2.05) is 48.5 Å². The van der Waals surface area contributed by atoms with Gasteiger partial charge in [-0.15, -0.1) is 0 Å². The summed E-state index contributed by atoms with van der Waals surface area (Å²) in [5, 5.41) is 0. The molecule has 0 aromatic heterocycles. The monoisotopic (exact) mass is 302 g/mol. The molecule has 1 amide bonds. The Kier molecular flexibility index (Phi) is 4.39. The molecule has 0 radical (unpaired) electrons. The topological polar surface area (TPSA) is 46.3 Å². The van der Waals surface area contributed by atoms with Crippen LogP contribution in [-0.4, -0.2) is 5.91 Å². The number of carbonyl (C=O) groups excluding carboxylic acids is 1. The summed E-state index contributed by atoms with van der Waals surface area (Å²) in [5.74, 6) is -0.403. The standard InChI is InChI=1S/C20H18N2O/c21-20(23)17-13-11-16(12-14-17)15-22(18-7-3-1-4-8-18)19-9-5-2-6-10-19/h1-14H,15H2,(H2,21,23). The molecule has 0 saturated carbocycles. The molecule has 0 spiro atoms. The van der Waals surface area contributed by atoms with Crippen molar-refractivity contribution < 1.29 is 4.79 Å². The van der Waals surface area contributed by atoms with Crippen LogP contribution in [0.15, 0.2) is 84.9 Å². The Morgan fingerprint density at radius 2 is 1.22 bits per heavy atom. The number of nitrogens with two attached hydrogens (primary N) is 1. The molecule has 0 aliphatic carbocycles. The second-order valence-electron chi connectivity index (χ2n) is 5.32. The lowest BCUT2D eigenvalue weighted by molar-refractivity contribution is 0.100. The zero-order chi connectivity index (χ0) is 16.1. The van der Waals surface area contributed by atoms with Gasteiger partial charge in [0.2, 0.25) is 5.91 Å². The zero-order valence-corrected chi connectivity index (χ0v) is 12.7. The van der Waals surface area contributed by atoms with Gasteiger partial charge in [-0.3, -0.25) is 4.79 Å². The molecule has 0 atom stereocenters. The van der Waals surface area contributed by atoms with Crippen LogP contribution in [0, 0.1) is 0 Å². The van der Waals surface area contributed by atoms with E-state index in [0.717, 1.165) is 16.9 Å². The Bertz CT molecular complexity index is 728. The quantitative estimate of drug-likeness (QED) is 0.770. The number of hydrogen-bond acceptors (Lipinski definition) is 2. The molecule has 0 unspecified atom stereocenters. The summed E-state index contributed by atoms with van der Waals surface area (Å²) < 4.78 is 0. The highest BCUT2D eigenvalue weighted by Gasteiger charge is 2.10. The van der Waals surface area contributed by atoms with E-state index in [4.69, 9.17) is 5.73 Å². The minimum Gasteiger partial charge on any atom is -0.366 e. The van der Waals surface area contributed by atoms with Crippen molar-refractivity contribution in [2.75, 3.05) is 4.90 Å². The van der Waals surface area contributed by atoms with Crippen LogP contribution in [0.4, 0.5) is 11.4 Å². The lowest BCUT2D eigenvalue weighted by Crippen LogP contribution is -2.16. The Morgan fingerprint density at radius 1 is 0.739 bits per heavy atom. The van der Waals surface area contributed by atoms with Crippen LogP contribution in [0.2, 0.25) is 0 Å². The Morgan fingerprint density at radius 3 is 1.65 bits per heavy atom. The summed E-state index contributed by atoms with van der Waals surface area (Å²) in [7, 11) is 0. The summed E-state index contributed by atoms with van der Waals surface area (Å²) in [6.07, 6.45) is 0. The highest BCUT2D eigenvalue weighted by Crippen LogP contribution is 2.27. The van der Waals surface area contributed by atoms with Gasteiger partial charge in [-0.25, -0.2) is 0 Å². The molecule has 2 N–H and O–H groups in total. The first-order valence-electron chi connectivity index (χ1n) is 7.50. The molecule has 0 aliphatic rings. The molecule has 3 aromatic rings. The number of para-hydroxylation sites is 2. The van der Waals surface area contributed by atoms with E-state index in [2.05, 4.69) is 29.2 Å². The third kappa shape index (κ3) is 3.58. The van der Waals surface area contributed by atoms with Crippen LogP contribution < -0.4 is 10.6 Å². The molecule has 3 nitrogen and oxygen atoms in total. The minimum atomic E-state index is -0.403. The Hall–Kier alpha value is -3.07. The fourth-order valence-corrected chi connectivity index (χ4v) is 2.50. The van der Waals surface area contributed by atoms with E-state index in [1.165, 1.54) is 0 Å². The molecule has 0 saturated heterocycles. The number of rotatable bonds is 5. The number of carbonyl (C=O) groups is 1. The van der Waals surface area contributed by atoms with E-state index in [9.17, 15) is 4.79 Å². The van der Waals surface area contributed by atoms with Crippen molar-refractivity contribution in [3.8, 4) is 0 Å². The molecule has 0 fully saturated rings. The zero-order valence-electron chi connectivity index (χ0n) is 12.7. The molecular formula is C20H18N2O. The van der Waals surface area contributed by atoms with Crippen LogP contribution in [0.25, 0.3) is 0 Å². The highest BCUT2D eigenvalue weighted by molar-refractivity contribution is 5.92. The number of hydrogen-bond donors (Lipinski definition) is 1. The first kappa shape index (κ1) is 14.9. The largest absolute Gasteiger partial charge is 0.366 e. The van der Waals surface area contributed by atoms with Crippen LogP contribution in [0.1, 0.15) is 15.9 Å². The van der Waals surface area contributed by atoms with Gasteiger partial charge < -0.3 is 10.6 Å². The molecule has 0 aliphatic heterocycles. The second kappa shape index (κ2) is 6.79. The van der Waals surface area contributed by atoms with Crippen molar-refractivity contribution in [3.05, 3.63) is 96.1 Å². The van der Waals surface area contributed by atoms with E-state index >= 15 is 0 Å². The number of anilines is 2. The van der Waals surface area contributed by atoms with Gasteiger partial charge in [0.25, 0.3) is 0 Å². The molecule has 0 bridgehead atoms. The molecule has 0 heterocycles. The molecule has 23 heavy (non-hydrogen) atoms. The molecule has 3 heteroatoms. The van der Waals surface area contributed by atoms with Gasteiger partial charge in [0.1, 0.15) is 0 Å². The SMILES string of the molecule is NC(=O)c1ccc(CN(c2ccccc2)c2ccccc2)cc1. The van der Waals surface area contributed by atoms with Crippen molar-refractivity contribution >= 4 is 17.3 Å². The fraction of sp³-hybridized carbons (Fsp3) is 0.0500. The first-order valence-corrected chi connectivity index (χ1v) is 7.50. The van der Waals surface area contributed by atoms with Gasteiger partial charge in [-0.2, -0.15) is 0 Å². The molecular weight excluding hydrogens is 284 g/mol. The molecule has 114 valence electrons. The van der Waals surface area contributed by atoms with Gasteiger partial charge in [0.15, 0.2) is 0 Å². The first-order chi connectivity index (χ1) is 11.2. The highest BCUT2D eigenvalue weighted by atomic mass is 16.1. The van der Waals surface area contributed by atoms with Crippen LogP contribution in [0.3, 0.4) is 0 Å². The van der Waals surface area contributed by atoms with Crippen molar-refractivity contribution in [3.63, 3.8) is 0 Å². The van der Waals surface area contributed by atoms with Crippen molar-refractivity contribution in [1.29, 1.82) is 0 Å². The van der Waals surface area contributed by atoms with Gasteiger partial charge in [0.05, 0.1) is 0 Å². The van der Waals surface area contributed by atoms with Crippen molar-refractivity contribution in [1.82, 2.24) is 0 Å². The fourth-order valence-electron chi connectivity index (χ4n) is 2.50. The van der Waals surface area contributed by atoms with Crippen LogP contribution >= 0.6 is 0 Å². The predicted octanol–water partition coefficient (Wildman–Crippen LogP) is 4.12. The van der Waals surface area contributed by atoms with Gasteiger partial charge in [-0.05, 0) is 42.0 Å². The third-order valence-corrected chi connectivity index (χ3v) is 3.71. The van der Waals surface area contributed by atoms with E-state index in [0.29, 0.717) is 12.1 Å². The van der Waals surface area contributed by atoms with Crippen molar-refractivity contribution in [2.24, 2.45) is 5.73 Å². The van der Waals surface area contributed by atoms with Crippen molar-refractivity contribution in [2.45, 2.75) is 6.54 Å². The Labute approximate surface area is 136 Å². The average Bonchev–Trinajstić information content (AvgIpc) is 2.61. The molecule has 3 aromatic carbocycles. The number of benzene rings is 3. The average molecular weight is 302 g/mol. The number of amides is 1. The normalized spacial score (nSPS) is 10.3. The maximum absolute atomic E-state index is 11.2. The van der Waals surface area contributed by atoms with Crippen LogP contribution in [-0.2, 0) is 6.54 Å². The molecule has 3 rings (SSSR count). The summed E-state index contributed by atoms with van der Waals surface area (Å²) in [6, 6.07) is 27.9. The second-order valence-corrected chi connectivity index (χ2v) is 5.32. The summed E-state index contributed by atoms with van der Waals surface area (Å²) in [6.45, 7) is 0.715. The van der Waals surface area contributed by atoms with Crippen LogP contribution in [0.5, 0.6) is 0 Å². The van der Waals surface area contributed by atoms with E-state index in [1.54, 1.807) is 12.1 Å². The predicted molar refractivity (Wildman–Crippen MR) is 93.7 cm³/mol. The summed E-state index contributed by atoms with van der Waals surface area (Å²) in [4.78, 5) is 13.4. The van der Waals surface area contributed by atoms with E-state index < -0.39 is 5.91 Å². The third-order valence-electron chi connectivity index (χ3n) is 3.71. The van der Waals surface area contributed by atoms with Gasteiger partial charge >= 0.3 is 0 Å². The summed E-state index contributed by atoms with van der Waals surface area (Å²) in [5.41, 5.74) is 9.18. The maximum Gasteiger partial charge on any atom is 0.248 e. The number of primary amides is 1. The Balaban J connectivity index is 1.92. The number of nitrogens with zero attached hydrogens (tertiary/aromatic N) is 1. The van der Waals surface area contributed by atoms with Gasteiger partial charge in [-0.1, -0.05) is 48.5 Å². The lowest BCUT2D eigenvalue weighted by Gasteiger charge is -2.25. The lowest BCUT2D eigenvalue weighted by atomic mass is 10.1. The summed E-state index contributed by atoms with van der Waals surface area (Å²) >= 11 is 0. The van der Waals surface area contributed by atoms with E-state index in [-0.39, 0.29) is 0 Å². The van der Waals surface area contributed by atoms with Gasteiger partial charge in [0, 0.05) is 23.5 Å².